The van der Waals surface area contributed by atoms with E-state index in [2.05, 4.69) is 10.2 Å². The molecule has 11 heteroatoms. The molecular weight excluding hydrogens is 420 g/mol. The number of carbonyl (C=O) groups excluding carboxylic acids is 5. The average molecular weight is 440 g/mol. The molecular formula is C21H20N4O7. The maximum absolute atomic E-state index is 13.2. The number of benzene rings is 1. The van der Waals surface area contributed by atoms with Crippen LogP contribution in [0, 0.1) is 0 Å². The molecule has 32 heavy (non-hydrogen) atoms. The number of aromatic nitrogens is 2. The number of nitrogens with one attached hydrogen (secondary N) is 1. The van der Waals surface area contributed by atoms with E-state index < -0.39 is 41.4 Å². The van der Waals surface area contributed by atoms with Crippen LogP contribution in [0.4, 0.5) is 4.79 Å². The molecule has 0 spiro atoms. The topological polar surface area (TPSA) is 139 Å². The molecule has 0 aliphatic carbocycles. The van der Waals surface area contributed by atoms with E-state index >= 15 is 0 Å². The molecule has 166 valence electrons. The minimum Gasteiger partial charge on any atom is -0.443 e. The van der Waals surface area contributed by atoms with E-state index in [1.807, 2.05) is 0 Å². The number of piperidine rings is 1. The first-order valence-electron chi connectivity index (χ1n) is 9.87. The molecule has 2 aliphatic heterocycles. The predicted molar refractivity (Wildman–Crippen MR) is 107 cm³/mol. The number of H-pyrrole nitrogens is 1. The Kier molecular flexibility index (Phi) is 5.03. The summed E-state index contributed by atoms with van der Waals surface area (Å²) in [5, 5.41) is 6.44. The monoisotopic (exact) mass is 440 g/mol. The highest BCUT2D eigenvalue weighted by Gasteiger charge is 2.50. The molecule has 5 amide bonds. The van der Waals surface area contributed by atoms with E-state index in [0.717, 1.165) is 4.90 Å². The van der Waals surface area contributed by atoms with E-state index in [0.29, 0.717) is 4.90 Å². The van der Waals surface area contributed by atoms with E-state index in [1.54, 1.807) is 20.8 Å². The molecule has 3 heterocycles. The van der Waals surface area contributed by atoms with Crippen molar-refractivity contribution in [2.45, 2.75) is 45.3 Å². The number of carbonyl (C=O) groups is 5. The first kappa shape index (κ1) is 21.2. The fraction of sp³-hybridized carbons (Fsp3) is 0.333. The summed E-state index contributed by atoms with van der Waals surface area (Å²) in [5.41, 5.74) is -0.913. The Morgan fingerprint density at radius 1 is 1.12 bits per heavy atom. The van der Waals surface area contributed by atoms with Crippen LogP contribution in [0.5, 0.6) is 11.6 Å². The Morgan fingerprint density at radius 3 is 2.53 bits per heavy atom. The van der Waals surface area contributed by atoms with Crippen molar-refractivity contribution < 1.29 is 33.4 Å². The van der Waals surface area contributed by atoms with Crippen LogP contribution in [0.25, 0.3) is 0 Å². The maximum atomic E-state index is 13.2. The first-order valence-corrected chi connectivity index (χ1v) is 9.87. The molecule has 1 aromatic carbocycles. The Morgan fingerprint density at radius 2 is 1.88 bits per heavy atom. The lowest BCUT2D eigenvalue weighted by atomic mass is 10.0. The van der Waals surface area contributed by atoms with Gasteiger partial charge in [-0.1, -0.05) is 6.07 Å². The van der Waals surface area contributed by atoms with Gasteiger partial charge in [0.1, 0.15) is 17.4 Å². The molecule has 1 aromatic heterocycles. The molecule has 1 atom stereocenters. The fourth-order valence-electron chi connectivity index (χ4n) is 3.56. The van der Waals surface area contributed by atoms with E-state index in [1.165, 1.54) is 30.5 Å². The SMILES string of the molecule is CC(C)(C)OC(=O)N1C(=O)CCC(N2C(=O)c3cccc(Oc4cc[nH]n4)c3C2=O)C1=O. The molecule has 11 nitrogen and oxygen atoms in total. The predicted octanol–water partition coefficient (Wildman–Crippen LogP) is 2.25. The Bertz CT molecular complexity index is 1130. The molecule has 0 bridgehead atoms. The molecule has 2 aliphatic rings. The van der Waals surface area contributed by atoms with Crippen molar-refractivity contribution in [1.82, 2.24) is 20.0 Å². The normalized spacial score (nSPS) is 18.8. The maximum Gasteiger partial charge on any atom is 0.424 e. The number of rotatable bonds is 3. The number of hydrogen-bond acceptors (Lipinski definition) is 8. The number of likely N-dealkylation sites (tertiary alicyclic amines) is 1. The number of ether oxygens (including phenoxy) is 2. The highest BCUT2D eigenvalue weighted by atomic mass is 16.6. The number of nitrogens with zero attached hydrogens (tertiary/aromatic N) is 3. The third-order valence-electron chi connectivity index (χ3n) is 4.87. The Labute approximate surface area is 182 Å². The van der Waals surface area contributed by atoms with Gasteiger partial charge >= 0.3 is 6.09 Å². The van der Waals surface area contributed by atoms with Crippen molar-refractivity contribution in [2.24, 2.45) is 0 Å². The van der Waals surface area contributed by atoms with Gasteiger partial charge in [0, 0.05) is 18.7 Å². The fourth-order valence-corrected chi connectivity index (χ4v) is 3.56. The Hall–Kier alpha value is -4.02. The zero-order valence-corrected chi connectivity index (χ0v) is 17.6. The summed E-state index contributed by atoms with van der Waals surface area (Å²) in [6.07, 6.45) is 0.0784. The quantitative estimate of drug-likeness (QED) is 0.717. The summed E-state index contributed by atoms with van der Waals surface area (Å²) in [6, 6.07) is 4.69. The lowest BCUT2D eigenvalue weighted by Gasteiger charge is -2.34. The van der Waals surface area contributed by atoms with Crippen molar-refractivity contribution in [1.29, 1.82) is 0 Å². The summed E-state index contributed by atoms with van der Waals surface area (Å²) in [7, 11) is 0. The summed E-state index contributed by atoms with van der Waals surface area (Å²) < 4.78 is 10.8. The van der Waals surface area contributed by atoms with Crippen LogP contribution in [-0.2, 0) is 14.3 Å². The molecule has 1 saturated heterocycles. The third-order valence-corrected chi connectivity index (χ3v) is 4.87. The van der Waals surface area contributed by atoms with E-state index in [-0.39, 0.29) is 35.6 Å². The van der Waals surface area contributed by atoms with Crippen molar-refractivity contribution in [3.05, 3.63) is 41.6 Å². The van der Waals surface area contributed by atoms with Gasteiger partial charge in [-0.05, 0) is 39.3 Å². The van der Waals surface area contributed by atoms with Crippen molar-refractivity contribution in [3.8, 4) is 11.6 Å². The van der Waals surface area contributed by atoms with Crippen molar-refractivity contribution >= 4 is 29.7 Å². The Balaban J connectivity index is 1.64. The third kappa shape index (κ3) is 3.61. The number of fused-ring (bicyclic) bond motifs is 1. The van der Waals surface area contributed by atoms with Gasteiger partial charge < -0.3 is 9.47 Å². The molecule has 2 aromatic rings. The number of aromatic amines is 1. The molecule has 1 N–H and O–H groups in total. The second-order valence-electron chi connectivity index (χ2n) is 8.28. The molecule has 0 saturated carbocycles. The highest BCUT2D eigenvalue weighted by molar-refractivity contribution is 6.25. The van der Waals surface area contributed by atoms with E-state index in [4.69, 9.17) is 9.47 Å². The van der Waals surface area contributed by atoms with Gasteiger partial charge in [0.15, 0.2) is 0 Å². The van der Waals surface area contributed by atoms with Crippen LogP contribution in [0.1, 0.15) is 54.3 Å². The van der Waals surface area contributed by atoms with Crippen LogP contribution >= 0.6 is 0 Å². The molecule has 1 unspecified atom stereocenters. The van der Waals surface area contributed by atoms with Gasteiger partial charge in [-0.2, -0.15) is 4.90 Å². The molecule has 4 rings (SSSR count). The summed E-state index contributed by atoms with van der Waals surface area (Å²) >= 11 is 0. The van der Waals surface area contributed by atoms with Gasteiger partial charge in [-0.15, -0.1) is 5.10 Å². The first-order chi connectivity index (χ1) is 15.1. The summed E-state index contributed by atoms with van der Waals surface area (Å²) in [4.78, 5) is 65.2. The zero-order valence-electron chi connectivity index (χ0n) is 17.6. The van der Waals surface area contributed by atoms with Gasteiger partial charge in [0.25, 0.3) is 17.7 Å². The molecule has 1 fully saturated rings. The van der Waals surface area contributed by atoms with Gasteiger partial charge in [0.05, 0.1) is 11.1 Å². The van der Waals surface area contributed by atoms with E-state index in [9.17, 15) is 24.0 Å². The lowest BCUT2D eigenvalue weighted by molar-refractivity contribution is -0.149. The second kappa shape index (κ2) is 7.59. The summed E-state index contributed by atoms with van der Waals surface area (Å²) in [6.45, 7) is 4.77. The van der Waals surface area contributed by atoms with Crippen LogP contribution in [0.15, 0.2) is 30.5 Å². The standard InChI is InChI=1S/C21H20N4O7/c1-21(2,3)32-20(30)25-15(26)8-7-12(18(25)28)24-17(27)11-5-4-6-13(16(11)19(24)29)31-14-9-10-22-23-14/h4-6,9-10,12H,7-8H2,1-3H3,(H,22,23). The second-order valence-corrected chi connectivity index (χ2v) is 8.28. The van der Waals surface area contributed by atoms with Crippen molar-refractivity contribution in [3.63, 3.8) is 0 Å². The van der Waals surface area contributed by atoms with Crippen LogP contribution < -0.4 is 4.74 Å². The lowest BCUT2D eigenvalue weighted by Crippen LogP contribution is -2.58. The van der Waals surface area contributed by atoms with Crippen LogP contribution in [0.2, 0.25) is 0 Å². The molecule has 0 radical (unpaired) electrons. The van der Waals surface area contributed by atoms with Gasteiger partial charge in [0.2, 0.25) is 11.8 Å². The average Bonchev–Trinajstić information content (AvgIpc) is 3.29. The van der Waals surface area contributed by atoms with Crippen LogP contribution in [-0.4, -0.2) is 61.4 Å². The van der Waals surface area contributed by atoms with Gasteiger partial charge in [-0.25, -0.2) is 4.79 Å². The minimum atomic E-state index is -1.33. The van der Waals surface area contributed by atoms with Gasteiger partial charge in [-0.3, -0.25) is 29.2 Å². The number of hydrogen-bond donors (Lipinski definition) is 1. The number of imide groups is 4. The smallest absolute Gasteiger partial charge is 0.424 e. The minimum absolute atomic E-state index is 0.0194. The highest BCUT2D eigenvalue weighted by Crippen LogP contribution is 2.36. The van der Waals surface area contributed by atoms with Crippen LogP contribution in [0.3, 0.4) is 0 Å². The summed E-state index contributed by atoms with van der Waals surface area (Å²) in [5.74, 6) is -2.92. The zero-order chi connectivity index (χ0) is 23.2. The number of amides is 5. The largest absolute Gasteiger partial charge is 0.443 e. The van der Waals surface area contributed by atoms with Crippen molar-refractivity contribution in [2.75, 3.05) is 0 Å².